The van der Waals surface area contributed by atoms with Crippen LogP contribution < -0.4 is 5.01 Å². The summed E-state index contributed by atoms with van der Waals surface area (Å²) in [4.78, 5) is 28.0. The molecule has 33 heavy (non-hydrogen) atoms. The zero-order valence-corrected chi connectivity index (χ0v) is 20.5. The Bertz CT molecular complexity index is 1120. The lowest BCUT2D eigenvalue weighted by atomic mass is 10.2. The molecule has 0 radical (unpaired) electrons. The molecular weight excluding hydrogens is 458 g/mol. The molecule has 0 saturated heterocycles. The van der Waals surface area contributed by atoms with E-state index in [0.29, 0.717) is 11.4 Å². The first-order valence-electron chi connectivity index (χ1n) is 10.5. The molecule has 0 aromatic heterocycles. The number of allylic oxidation sites excluding steroid dienone is 1. The first-order chi connectivity index (χ1) is 15.9. The summed E-state index contributed by atoms with van der Waals surface area (Å²) in [6, 6.07) is 17.9. The zero-order chi connectivity index (χ0) is 23.6. The van der Waals surface area contributed by atoms with Crippen molar-refractivity contribution in [3.8, 4) is 0 Å². The van der Waals surface area contributed by atoms with Crippen molar-refractivity contribution in [2.45, 2.75) is 31.6 Å². The van der Waals surface area contributed by atoms with Gasteiger partial charge in [-0.2, -0.15) is 5.10 Å². The summed E-state index contributed by atoms with van der Waals surface area (Å²) < 4.78 is 9.40. The molecular formula is C24H25N3O4S2. The van der Waals surface area contributed by atoms with Crippen molar-refractivity contribution in [2.75, 3.05) is 18.7 Å². The SMILES string of the molecule is CCOC(=O)C1=C(C)N(Cc2ccccc2)[C@@]2(SC(C(=O)OC)=NN2c2ccc(C)cc2)S1. The maximum Gasteiger partial charge on any atom is 0.365 e. The minimum absolute atomic E-state index is 0.224. The van der Waals surface area contributed by atoms with Gasteiger partial charge >= 0.3 is 11.9 Å². The molecule has 0 N–H and O–H groups in total. The Morgan fingerprint density at radius 1 is 1.00 bits per heavy atom. The van der Waals surface area contributed by atoms with E-state index >= 15 is 0 Å². The molecule has 2 heterocycles. The summed E-state index contributed by atoms with van der Waals surface area (Å²) in [6.45, 7) is 6.49. The van der Waals surface area contributed by atoms with Gasteiger partial charge in [-0.1, -0.05) is 59.8 Å². The quantitative estimate of drug-likeness (QED) is 0.548. The number of nitrogens with zero attached hydrogens (tertiary/aromatic N) is 3. The van der Waals surface area contributed by atoms with Crippen LogP contribution in [0.1, 0.15) is 25.0 Å². The van der Waals surface area contributed by atoms with Crippen LogP contribution in [-0.4, -0.2) is 39.9 Å². The summed E-state index contributed by atoms with van der Waals surface area (Å²) in [5.41, 5.74) is 3.75. The van der Waals surface area contributed by atoms with Crippen molar-refractivity contribution in [2.24, 2.45) is 5.10 Å². The molecule has 2 aliphatic heterocycles. The van der Waals surface area contributed by atoms with Crippen molar-refractivity contribution in [3.63, 3.8) is 0 Å². The number of rotatable bonds is 6. The van der Waals surface area contributed by atoms with Crippen LogP contribution in [0.25, 0.3) is 0 Å². The number of carbonyl (C=O) groups excluding carboxylic acids is 2. The van der Waals surface area contributed by atoms with Crippen LogP contribution in [0.2, 0.25) is 0 Å². The van der Waals surface area contributed by atoms with E-state index in [-0.39, 0.29) is 17.6 Å². The van der Waals surface area contributed by atoms with Gasteiger partial charge in [0.15, 0.2) is 0 Å². The van der Waals surface area contributed by atoms with E-state index in [0.717, 1.165) is 22.5 Å². The van der Waals surface area contributed by atoms with Crippen LogP contribution in [0.3, 0.4) is 0 Å². The number of aryl methyl sites for hydroxylation is 1. The van der Waals surface area contributed by atoms with Crippen molar-refractivity contribution in [1.29, 1.82) is 0 Å². The Morgan fingerprint density at radius 3 is 2.33 bits per heavy atom. The minimum Gasteiger partial charge on any atom is -0.464 e. The van der Waals surface area contributed by atoms with Gasteiger partial charge in [0.1, 0.15) is 4.91 Å². The molecule has 2 aliphatic rings. The predicted molar refractivity (Wildman–Crippen MR) is 132 cm³/mol. The van der Waals surface area contributed by atoms with Gasteiger partial charge in [0.05, 0.1) is 19.4 Å². The van der Waals surface area contributed by atoms with Crippen LogP contribution in [0.5, 0.6) is 0 Å². The van der Waals surface area contributed by atoms with Gasteiger partial charge in [-0.15, -0.1) is 0 Å². The standard InChI is InChI=1S/C24H25N3O4S2/c1-5-31-22(28)20-17(3)26(15-18-9-7-6-8-10-18)24(32-20)27(19-13-11-16(2)12-14-19)25-21(33-24)23(29)30-4/h6-14H,5,15H2,1-4H3/t24-/m0/s1. The normalized spacial score (nSPS) is 19.8. The first-order valence-corrected chi connectivity index (χ1v) is 12.1. The lowest BCUT2D eigenvalue weighted by Gasteiger charge is -2.41. The van der Waals surface area contributed by atoms with Gasteiger partial charge in [0.2, 0.25) is 9.37 Å². The van der Waals surface area contributed by atoms with Gasteiger partial charge in [-0.05, 0) is 50.2 Å². The third-order valence-electron chi connectivity index (χ3n) is 5.28. The number of anilines is 1. The van der Waals surface area contributed by atoms with E-state index in [1.807, 2.05) is 68.4 Å². The Kier molecular flexibility index (Phi) is 6.71. The average molecular weight is 484 g/mol. The Labute approximate surface area is 201 Å². The van der Waals surface area contributed by atoms with Crippen molar-refractivity contribution in [1.82, 2.24) is 4.90 Å². The van der Waals surface area contributed by atoms with E-state index in [1.54, 1.807) is 11.9 Å². The van der Waals surface area contributed by atoms with Crippen LogP contribution in [0.15, 0.2) is 70.3 Å². The second-order valence-corrected chi connectivity index (χ2v) is 10.1. The highest BCUT2D eigenvalue weighted by molar-refractivity contribution is 8.28. The largest absolute Gasteiger partial charge is 0.464 e. The van der Waals surface area contributed by atoms with E-state index in [2.05, 4.69) is 10.0 Å². The third kappa shape index (κ3) is 4.35. The smallest absolute Gasteiger partial charge is 0.365 e. The van der Waals surface area contributed by atoms with Gasteiger partial charge < -0.3 is 14.4 Å². The molecule has 0 bridgehead atoms. The number of thioether (sulfide) groups is 2. The molecule has 0 saturated carbocycles. The number of methoxy groups -OCH3 is 1. The molecule has 2 aromatic rings. The Morgan fingerprint density at radius 2 is 1.70 bits per heavy atom. The molecule has 7 nitrogen and oxygen atoms in total. The Hall–Kier alpha value is -2.91. The first kappa shape index (κ1) is 23.3. The summed E-state index contributed by atoms with van der Waals surface area (Å²) in [5.74, 6) is -0.901. The number of carbonyl (C=O) groups is 2. The molecule has 2 aromatic carbocycles. The van der Waals surface area contributed by atoms with E-state index < -0.39 is 10.3 Å². The maximum absolute atomic E-state index is 12.9. The topological polar surface area (TPSA) is 71.4 Å². The molecule has 4 rings (SSSR count). The summed E-state index contributed by atoms with van der Waals surface area (Å²) in [6.07, 6.45) is 0. The monoisotopic (exact) mass is 483 g/mol. The highest BCUT2D eigenvalue weighted by Gasteiger charge is 2.57. The number of ether oxygens (including phenoxy) is 2. The molecule has 0 fully saturated rings. The fourth-order valence-electron chi connectivity index (χ4n) is 3.62. The van der Waals surface area contributed by atoms with Gasteiger partial charge in [0.25, 0.3) is 0 Å². The van der Waals surface area contributed by atoms with Crippen molar-refractivity contribution in [3.05, 3.63) is 76.3 Å². The summed E-state index contributed by atoms with van der Waals surface area (Å²) in [7, 11) is 1.34. The van der Waals surface area contributed by atoms with E-state index in [1.165, 1.54) is 30.6 Å². The fourth-order valence-corrected chi connectivity index (χ4v) is 6.57. The number of hydrogen-bond donors (Lipinski definition) is 0. The number of benzene rings is 2. The number of hydrazone groups is 1. The fraction of sp³-hybridized carbons (Fsp3) is 0.292. The highest BCUT2D eigenvalue weighted by Crippen LogP contribution is 2.59. The number of hydrogen-bond acceptors (Lipinski definition) is 9. The molecule has 0 aliphatic carbocycles. The van der Waals surface area contributed by atoms with E-state index in [4.69, 9.17) is 9.47 Å². The molecule has 9 heteroatoms. The van der Waals surface area contributed by atoms with Crippen LogP contribution >= 0.6 is 23.5 Å². The van der Waals surface area contributed by atoms with Crippen LogP contribution in [-0.2, 0) is 25.6 Å². The molecule has 0 unspecified atom stereocenters. The lowest BCUT2D eigenvalue weighted by Crippen LogP contribution is -2.48. The van der Waals surface area contributed by atoms with Gasteiger partial charge in [0, 0.05) is 12.2 Å². The average Bonchev–Trinajstić information content (AvgIpc) is 3.34. The van der Waals surface area contributed by atoms with E-state index in [9.17, 15) is 9.59 Å². The molecule has 172 valence electrons. The third-order valence-corrected chi connectivity index (χ3v) is 8.21. The van der Waals surface area contributed by atoms with Gasteiger partial charge in [-0.25, -0.2) is 14.6 Å². The zero-order valence-electron chi connectivity index (χ0n) is 18.9. The van der Waals surface area contributed by atoms with Gasteiger partial charge in [-0.3, -0.25) is 0 Å². The van der Waals surface area contributed by atoms with Crippen molar-refractivity contribution < 1.29 is 19.1 Å². The highest BCUT2D eigenvalue weighted by atomic mass is 32.2. The minimum atomic E-state index is -0.930. The second-order valence-electron chi connectivity index (χ2n) is 7.50. The summed E-state index contributed by atoms with van der Waals surface area (Å²) >= 11 is 2.61. The van der Waals surface area contributed by atoms with Crippen LogP contribution in [0, 0.1) is 6.92 Å². The molecule has 0 amide bonds. The predicted octanol–water partition coefficient (Wildman–Crippen LogP) is 4.69. The molecule has 1 atom stereocenters. The maximum atomic E-state index is 12.9. The second kappa shape index (κ2) is 9.52. The lowest BCUT2D eigenvalue weighted by molar-refractivity contribution is -0.137. The van der Waals surface area contributed by atoms with Crippen LogP contribution in [0.4, 0.5) is 5.69 Å². The summed E-state index contributed by atoms with van der Waals surface area (Å²) in [5, 5.41) is 6.68. The molecule has 1 spiro atoms. The van der Waals surface area contributed by atoms with Crippen molar-refractivity contribution >= 4 is 46.2 Å². The Balaban J connectivity index is 1.83. The number of esters is 2.